The number of hydrogen-bond acceptors (Lipinski definition) is 4. The lowest BCUT2D eigenvalue weighted by Crippen LogP contribution is -2.01. The molecule has 0 N–H and O–H groups in total. The molecule has 0 saturated heterocycles. The second-order valence-electron chi connectivity index (χ2n) is 12.6. The van der Waals surface area contributed by atoms with Crippen LogP contribution in [0.1, 0.15) is 0 Å². The van der Waals surface area contributed by atoms with Gasteiger partial charge in [0.2, 0.25) is 0 Å². The summed E-state index contributed by atoms with van der Waals surface area (Å²) in [5.74, 6) is 1.92. The number of hydrogen-bond donors (Lipinski definition) is 0. The highest BCUT2D eigenvalue weighted by Crippen LogP contribution is 2.38. The van der Waals surface area contributed by atoms with Gasteiger partial charge in [-0.3, -0.25) is 4.98 Å². The van der Waals surface area contributed by atoms with Gasteiger partial charge in [0.15, 0.2) is 17.5 Å². The lowest BCUT2D eigenvalue weighted by molar-refractivity contribution is 1.08. The maximum absolute atomic E-state index is 5.28. The minimum absolute atomic E-state index is 0.627. The molecule has 0 aliphatic rings. The molecule has 0 bridgehead atoms. The van der Waals surface area contributed by atoms with Gasteiger partial charge < -0.3 is 0 Å². The van der Waals surface area contributed by atoms with E-state index in [0.717, 1.165) is 60.3 Å². The van der Waals surface area contributed by atoms with E-state index in [0.29, 0.717) is 17.5 Å². The predicted molar refractivity (Wildman–Crippen MR) is 207 cm³/mol. The van der Waals surface area contributed by atoms with Crippen molar-refractivity contribution in [1.82, 2.24) is 19.9 Å². The number of para-hydroxylation sites is 1. The highest BCUT2D eigenvalue weighted by atomic mass is 15.0. The Morgan fingerprint density at radius 1 is 0.300 bits per heavy atom. The first-order valence-electron chi connectivity index (χ1n) is 16.8. The molecule has 0 spiro atoms. The highest BCUT2D eigenvalue weighted by molar-refractivity contribution is 6.14. The number of fused-ring (bicyclic) bond motifs is 7. The van der Waals surface area contributed by atoms with Crippen LogP contribution in [0, 0.1) is 0 Å². The first-order valence-corrected chi connectivity index (χ1v) is 16.8. The van der Waals surface area contributed by atoms with Gasteiger partial charge in [-0.1, -0.05) is 146 Å². The number of pyridine rings is 1. The van der Waals surface area contributed by atoms with Crippen LogP contribution in [0.25, 0.3) is 99.3 Å². The van der Waals surface area contributed by atoms with Gasteiger partial charge in [-0.15, -0.1) is 0 Å². The van der Waals surface area contributed by atoms with Crippen LogP contribution in [0.15, 0.2) is 170 Å². The largest absolute Gasteiger partial charge is 0.256 e. The second kappa shape index (κ2) is 11.4. The van der Waals surface area contributed by atoms with Crippen LogP contribution >= 0.6 is 0 Å². The van der Waals surface area contributed by atoms with Gasteiger partial charge >= 0.3 is 0 Å². The summed E-state index contributed by atoms with van der Waals surface area (Å²) in [6, 6.07) is 57.4. The molecule has 0 amide bonds. The van der Waals surface area contributed by atoms with Crippen molar-refractivity contribution in [1.29, 1.82) is 0 Å². The van der Waals surface area contributed by atoms with E-state index < -0.39 is 0 Å². The summed E-state index contributed by atoms with van der Waals surface area (Å²) in [5.41, 5.74) is 6.05. The molecule has 2 heterocycles. The molecule has 0 unspecified atom stereocenters. The Bertz CT molecular complexity index is 2790. The highest BCUT2D eigenvalue weighted by Gasteiger charge is 2.18. The minimum Gasteiger partial charge on any atom is -0.256 e. The van der Waals surface area contributed by atoms with Crippen LogP contribution in [0.2, 0.25) is 0 Å². The smallest absolute Gasteiger partial charge is 0.164 e. The molecule has 10 rings (SSSR count). The van der Waals surface area contributed by atoms with Crippen molar-refractivity contribution < 1.29 is 0 Å². The fourth-order valence-electron chi connectivity index (χ4n) is 7.36. The zero-order chi connectivity index (χ0) is 33.0. The van der Waals surface area contributed by atoms with Crippen molar-refractivity contribution in [3.8, 4) is 45.3 Å². The zero-order valence-corrected chi connectivity index (χ0v) is 27.0. The normalized spacial score (nSPS) is 11.6. The number of aromatic nitrogens is 4. The van der Waals surface area contributed by atoms with Crippen LogP contribution in [-0.4, -0.2) is 19.9 Å². The molecule has 4 heteroatoms. The summed E-state index contributed by atoms with van der Waals surface area (Å²) >= 11 is 0. The number of benzene rings is 8. The Kier molecular flexibility index (Phi) is 6.46. The molecule has 0 aliphatic heterocycles. The van der Waals surface area contributed by atoms with E-state index in [2.05, 4.69) is 163 Å². The molecule has 0 radical (unpaired) electrons. The van der Waals surface area contributed by atoms with Crippen LogP contribution < -0.4 is 0 Å². The van der Waals surface area contributed by atoms with E-state index in [-0.39, 0.29) is 0 Å². The topological polar surface area (TPSA) is 51.6 Å². The quantitative estimate of drug-likeness (QED) is 0.180. The van der Waals surface area contributed by atoms with E-state index in [4.69, 9.17) is 15.0 Å². The summed E-state index contributed by atoms with van der Waals surface area (Å²) < 4.78 is 0. The second-order valence-corrected chi connectivity index (χ2v) is 12.6. The molecule has 0 aliphatic carbocycles. The standard InChI is InChI=1S/C46H28N4/c1-3-15-34-32(11-1)27-41(39-19-7-5-17-37(34)39)45-48-44(31-24-22-29(23-25-31)36-21-9-13-30-14-10-26-47-43(30)36)49-46(50-45)42-28-33-12-2-4-16-35(33)38-18-6-8-20-40(38)42/h1-28H. The van der Waals surface area contributed by atoms with Gasteiger partial charge in [0, 0.05) is 33.8 Å². The van der Waals surface area contributed by atoms with Gasteiger partial charge in [-0.05, 0) is 66.9 Å². The summed E-state index contributed by atoms with van der Waals surface area (Å²) in [6.07, 6.45) is 1.85. The predicted octanol–water partition coefficient (Wildman–Crippen LogP) is 11.7. The van der Waals surface area contributed by atoms with Crippen LogP contribution in [0.4, 0.5) is 0 Å². The third kappa shape index (κ3) is 4.61. The lowest BCUT2D eigenvalue weighted by atomic mass is 9.96. The van der Waals surface area contributed by atoms with E-state index in [1.54, 1.807) is 0 Å². The first kappa shape index (κ1) is 28.3. The molecule has 0 saturated carbocycles. The number of rotatable bonds is 4. The molecule has 4 nitrogen and oxygen atoms in total. The third-order valence-electron chi connectivity index (χ3n) is 9.74. The SMILES string of the molecule is c1cnc2c(-c3ccc(-c4nc(-c5cc6ccccc6c6ccccc56)nc(-c5cc6ccccc6c6ccccc56)n4)cc3)cccc2c1. The molecular formula is C46H28N4. The number of nitrogens with zero attached hydrogens (tertiary/aromatic N) is 4. The molecule has 2 aromatic heterocycles. The van der Waals surface area contributed by atoms with Crippen LogP contribution in [0.5, 0.6) is 0 Å². The van der Waals surface area contributed by atoms with E-state index in [9.17, 15) is 0 Å². The van der Waals surface area contributed by atoms with Crippen molar-refractivity contribution in [2.45, 2.75) is 0 Å². The summed E-state index contributed by atoms with van der Waals surface area (Å²) in [4.78, 5) is 20.4. The Labute approximate surface area is 288 Å². The summed E-state index contributed by atoms with van der Waals surface area (Å²) in [7, 11) is 0. The fourth-order valence-corrected chi connectivity index (χ4v) is 7.36. The molecule has 50 heavy (non-hydrogen) atoms. The van der Waals surface area contributed by atoms with Gasteiger partial charge in [-0.25, -0.2) is 15.0 Å². The average Bonchev–Trinajstić information content (AvgIpc) is 3.20. The van der Waals surface area contributed by atoms with E-state index in [1.165, 1.54) is 21.5 Å². The maximum Gasteiger partial charge on any atom is 0.164 e. The van der Waals surface area contributed by atoms with E-state index in [1.807, 2.05) is 12.3 Å². The summed E-state index contributed by atoms with van der Waals surface area (Å²) in [6.45, 7) is 0. The molecule has 232 valence electrons. The van der Waals surface area contributed by atoms with Gasteiger partial charge in [0.25, 0.3) is 0 Å². The Morgan fingerprint density at radius 2 is 0.760 bits per heavy atom. The Morgan fingerprint density at radius 3 is 1.36 bits per heavy atom. The fraction of sp³-hybridized carbons (Fsp3) is 0. The van der Waals surface area contributed by atoms with Crippen molar-refractivity contribution in [3.05, 3.63) is 170 Å². The maximum atomic E-state index is 5.28. The lowest BCUT2D eigenvalue weighted by Gasteiger charge is -2.14. The zero-order valence-electron chi connectivity index (χ0n) is 27.0. The van der Waals surface area contributed by atoms with Crippen molar-refractivity contribution in [2.75, 3.05) is 0 Å². The monoisotopic (exact) mass is 636 g/mol. The molecule has 8 aromatic carbocycles. The molecule has 0 fully saturated rings. The molecular weight excluding hydrogens is 609 g/mol. The van der Waals surface area contributed by atoms with Crippen molar-refractivity contribution >= 4 is 54.0 Å². The summed E-state index contributed by atoms with van der Waals surface area (Å²) in [5, 5.41) is 10.4. The Balaban J connectivity index is 1.22. The third-order valence-corrected chi connectivity index (χ3v) is 9.74. The van der Waals surface area contributed by atoms with Gasteiger partial charge in [0.05, 0.1) is 5.52 Å². The first-order chi connectivity index (χ1) is 24.8. The van der Waals surface area contributed by atoms with E-state index >= 15 is 0 Å². The van der Waals surface area contributed by atoms with Gasteiger partial charge in [-0.2, -0.15) is 0 Å². The Hall–Kier alpha value is -6.78. The molecule has 10 aromatic rings. The van der Waals surface area contributed by atoms with Crippen molar-refractivity contribution in [3.63, 3.8) is 0 Å². The van der Waals surface area contributed by atoms with Gasteiger partial charge in [0.1, 0.15) is 0 Å². The average molecular weight is 637 g/mol. The van der Waals surface area contributed by atoms with Crippen LogP contribution in [-0.2, 0) is 0 Å². The van der Waals surface area contributed by atoms with Crippen molar-refractivity contribution in [2.24, 2.45) is 0 Å². The molecule has 0 atom stereocenters. The minimum atomic E-state index is 0.627. The van der Waals surface area contributed by atoms with Crippen LogP contribution in [0.3, 0.4) is 0 Å².